The number of hydroxylamine groups is 1. The molecule has 4 rings (SSSR count). The van der Waals surface area contributed by atoms with Gasteiger partial charge in [-0.2, -0.15) is 0 Å². The number of rotatable bonds is 7. The number of benzene rings is 2. The van der Waals surface area contributed by atoms with Crippen LogP contribution in [0.1, 0.15) is 31.8 Å². The lowest BCUT2D eigenvalue weighted by Crippen LogP contribution is -2.38. The molecule has 0 aliphatic rings. The number of pyridine rings is 1. The summed E-state index contributed by atoms with van der Waals surface area (Å²) in [6.07, 6.45) is 8.04. The van der Waals surface area contributed by atoms with Crippen LogP contribution in [0.4, 0.5) is 0 Å². The highest BCUT2D eigenvalue weighted by molar-refractivity contribution is 6.10. The van der Waals surface area contributed by atoms with Crippen molar-refractivity contribution in [3.05, 3.63) is 108 Å². The number of aromatic nitrogens is 2. The number of hydrogen-bond acceptors (Lipinski definition) is 5. The highest BCUT2D eigenvalue weighted by atomic mass is 16.5. The van der Waals surface area contributed by atoms with Crippen molar-refractivity contribution in [1.29, 1.82) is 0 Å². The van der Waals surface area contributed by atoms with Crippen LogP contribution in [0.2, 0.25) is 0 Å². The van der Waals surface area contributed by atoms with Crippen molar-refractivity contribution in [3.63, 3.8) is 0 Å². The molecule has 8 heteroatoms. The van der Waals surface area contributed by atoms with E-state index >= 15 is 0 Å². The normalized spacial score (nSPS) is 11.0. The summed E-state index contributed by atoms with van der Waals surface area (Å²) >= 11 is 0. The van der Waals surface area contributed by atoms with Crippen LogP contribution in [-0.2, 0) is 11.2 Å². The fourth-order valence-electron chi connectivity index (χ4n) is 3.61. The summed E-state index contributed by atoms with van der Waals surface area (Å²) in [7, 11) is 0. The van der Waals surface area contributed by atoms with E-state index in [9.17, 15) is 14.4 Å². The molecule has 8 nitrogen and oxygen atoms in total. The summed E-state index contributed by atoms with van der Waals surface area (Å²) < 4.78 is 0. The summed E-state index contributed by atoms with van der Waals surface area (Å²) in [6, 6.07) is 17.6. The minimum Gasteiger partial charge on any atom is -0.361 e. The van der Waals surface area contributed by atoms with Crippen molar-refractivity contribution < 1.29 is 19.6 Å². The molecule has 0 aliphatic heterocycles. The predicted octanol–water partition coefficient (Wildman–Crippen LogP) is 3.61. The molecule has 0 atom stereocenters. The van der Waals surface area contributed by atoms with Gasteiger partial charge >= 0.3 is 0 Å². The second-order valence-corrected chi connectivity index (χ2v) is 7.54. The number of amides is 3. The Labute approximate surface area is 195 Å². The molecule has 2 aromatic heterocycles. The topological polar surface area (TPSA) is 115 Å². The maximum atomic E-state index is 13.4. The Morgan fingerprint density at radius 3 is 2.47 bits per heavy atom. The van der Waals surface area contributed by atoms with Gasteiger partial charge in [-0.15, -0.1) is 0 Å². The van der Waals surface area contributed by atoms with Gasteiger partial charge in [0.2, 0.25) is 0 Å². The molecule has 0 bridgehead atoms. The fourth-order valence-corrected chi connectivity index (χ4v) is 3.61. The molecular formula is C26H22N4O4. The lowest BCUT2D eigenvalue weighted by molar-refractivity contribution is -0.124. The van der Waals surface area contributed by atoms with Gasteiger partial charge in [0.05, 0.1) is 5.56 Å². The molecule has 2 aromatic carbocycles. The quantitative estimate of drug-likeness (QED) is 0.171. The van der Waals surface area contributed by atoms with Crippen LogP contribution in [0.15, 0.2) is 85.3 Å². The minimum absolute atomic E-state index is 0.187. The van der Waals surface area contributed by atoms with E-state index in [0.29, 0.717) is 23.1 Å². The lowest BCUT2D eigenvalue weighted by atomic mass is 10.1. The predicted molar refractivity (Wildman–Crippen MR) is 127 cm³/mol. The zero-order valence-electron chi connectivity index (χ0n) is 18.1. The number of H-pyrrole nitrogens is 1. The summed E-state index contributed by atoms with van der Waals surface area (Å²) in [5, 5.41) is 9.62. The first kappa shape index (κ1) is 22.6. The highest BCUT2D eigenvalue weighted by Crippen LogP contribution is 2.20. The molecule has 4 aromatic rings. The van der Waals surface area contributed by atoms with E-state index in [0.717, 1.165) is 22.5 Å². The molecule has 0 saturated carbocycles. The fraction of sp³-hybridized carbons (Fsp3) is 0.0769. The summed E-state index contributed by atoms with van der Waals surface area (Å²) in [5.41, 5.74) is 4.83. The maximum absolute atomic E-state index is 13.4. The lowest BCUT2D eigenvalue weighted by Gasteiger charge is -2.21. The van der Waals surface area contributed by atoms with E-state index in [4.69, 9.17) is 5.21 Å². The highest BCUT2D eigenvalue weighted by Gasteiger charge is 2.24. The SMILES string of the molecule is O=C(C=Cc1ccc(C(=O)N(CCc2c[nH]c3ccccc23)C(=O)c2cccnc2)cc1)NO. The number of carbonyl (C=O) groups excluding carboxylic acids is 3. The molecule has 0 unspecified atom stereocenters. The van der Waals surface area contributed by atoms with Gasteiger partial charge in [-0.25, -0.2) is 5.48 Å². The maximum Gasteiger partial charge on any atom is 0.267 e. The number of nitrogens with zero attached hydrogens (tertiary/aromatic N) is 2. The third kappa shape index (κ3) is 5.08. The molecule has 0 radical (unpaired) electrons. The first-order valence-corrected chi connectivity index (χ1v) is 10.6. The molecule has 3 amide bonds. The van der Waals surface area contributed by atoms with Gasteiger partial charge < -0.3 is 4.98 Å². The molecule has 3 N–H and O–H groups in total. The summed E-state index contributed by atoms with van der Waals surface area (Å²) in [6.45, 7) is 0.187. The second-order valence-electron chi connectivity index (χ2n) is 7.54. The summed E-state index contributed by atoms with van der Waals surface area (Å²) in [4.78, 5) is 46.2. The van der Waals surface area contributed by atoms with Crippen molar-refractivity contribution in [2.75, 3.05) is 6.54 Å². The number of carbonyl (C=O) groups is 3. The van der Waals surface area contributed by atoms with Crippen molar-refractivity contribution in [3.8, 4) is 0 Å². The van der Waals surface area contributed by atoms with E-state index in [1.54, 1.807) is 42.6 Å². The van der Waals surface area contributed by atoms with Crippen molar-refractivity contribution in [2.45, 2.75) is 6.42 Å². The molecule has 0 spiro atoms. The Balaban J connectivity index is 1.58. The van der Waals surface area contributed by atoms with Crippen LogP contribution in [0, 0.1) is 0 Å². The van der Waals surface area contributed by atoms with Gasteiger partial charge in [-0.05, 0) is 54.0 Å². The van der Waals surface area contributed by atoms with Gasteiger partial charge in [0.25, 0.3) is 17.7 Å². The van der Waals surface area contributed by atoms with Crippen molar-refractivity contribution in [2.24, 2.45) is 0 Å². The molecule has 34 heavy (non-hydrogen) atoms. The Kier molecular flexibility index (Phi) is 6.90. The van der Waals surface area contributed by atoms with Crippen molar-refractivity contribution in [1.82, 2.24) is 20.3 Å². The largest absolute Gasteiger partial charge is 0.361 e. The van der Waals surface area contributed by atoms with Gasteiger partial charge in [0.1, 0.15) is 0 Å². The van der Waals surface area contributed by atoms with Gasteiger partial charge in [-0.3, -0.25) is 29.5 Å². The smallest absolute Gasteiger partial charge is 0.267 e. The number of fused-ring (bicyclic) bond motifs is 1. The van der Waals surface area contributed by atoms with E-state index in [-0.39, 0.29) is 6.54 Å². The van der Waals surface area contributed by atoms with Crippen LogP contribution in [0.3, 0.4) is 0 Å². The molecular weight excluding hydrogens is 432 g/mol. The van der Waals surface area contributed by atoms with Gasteiger partial charge in [-0.1, -0.05) is 30.3 Å². The monoisotopic (exact) mass is 454 g/mol. The number of imide groups is 1. The number of aromatic amines is 1. The Morgan fingerprint density at radius 1 is 0.971 bits per heavy atom. The summed E-state index contributed by atoms with van der Waals surface area (Å²) in [5.74, 6) is -1.52. The van der Waals surface area contributed by atoms with E-state index in [1.165, 1.54) is 22.7 Å². The molecule has 2 heterocycles. The van der Waals surface area contributed by atoms with E-state index in [2.05, 4.69) is 9.97 Å². The van der Waals surface area contributed by atoms with Crippen LogP contribution in [0.25, 0.3) is 17.0 Å². The number of nitrogens with one attached hydrogen (secondary N) is 2. The Hall–Kier alpha value is -4.56. The van der Waals surface area contributed by atoms with Gasteiger partial charge in [0.15, 0.2) is 0 Å². The van der Waals surface area contributed by atoms with E-state index in [1.807, 2.05) is 30.5 Å². The minimum atomic E-state index is -0.661. The first-order valence-electron chi connectivity index (χ1n) is 10.6. The van der Waals surface area contributed by atoms with Crippen LogP contribution >= 0.6 is 0 Å². The third-order valence-corrected chi connectivity index (χ3v) is 5.37. The number of para-hydroxylation sites is 1. The van der Waals surface area contributed by atoms with Crippen molar-refractivity contribution >= 4 is 34.7 Å². The molecule has 0 fully saturated rings. The average Bonchev–Trinajstić information content (AvgIpc) is 3.31. The third-order valence-electron chi connectivity index (χ3n) is 5.37. The molecule has 170 valence electrons. The second kappa shape index (κ2) is 10.4. The van der Waals surface area contributed by atoms with E-state index < -0.39 is 17.7 Å². The van der Waals surface area contributed by atoms with Gasteiger partial charge in [0, 0.05) is 47.7 Å². The average molecular weight is 454 g/mol. The van der Waals surface area contributed by atoms with Crippen LogP contribution in [0.5, 0.6) is 0 Å². The van der Waals surface area contributed by atoms with Crippen LogP contribution in [-0.4, -0.2) is 44.3 Å². The Morgan fingerprint density at radius 2 is 1.74 bits per heavy atom. The molecule has 0 saturated heterocycles. The standard InChI is InChI=1S/C26H22N4O4/c31-24(29-34)12-9-18-7-10-19(11-8-18)25(32)30(26(33)21-4-3-14-27-16-21)15-13-20-17-28-23-6-2-1-5-22(20)23/h1-12,14,16-17,28,34H,13,15H2,(H,29,31). The Bertz CT molecular complexity index is 1340. The first-order chi connectivity index (χ1) is 16.6. The zero-order chi connectivity index (χ0) is 23.9. The van der Waals surface area contributed by atoms with Crippen LogP contribution < -0.4 is 5.48 Å². The molecule has 0 aliphatic carbocycles. The number of hydrogen-bond donors (Lipinski definition) is 3. The zero-order valence-corrected chi connectivity index (χ0v) is 18.1.